The summed E-state index contributed by atoms with van der Waals surface area (Å²) in [6, 6.07) is 6.48. The minimum atomic E-state index is -0.137. The highest BCUT2D eigenvalue weighted by atomic mass is 35.5. The highest BCUT2D eigenvalue weighted by Gasteiger charge is 2.07. The topological polar surface area (TPSA) is 60.3 Å². The second kappa shape index (κ2) is 6.54. The summed E-state index contributed by atoms with van der Waals surface area (Å²) in [7, 11) is 1.57. The predicted molar refractivity (Wildman–Crippen MR) is 78.1 cm³/mol. The van der Waals surface area contributed by atoms with E-state index in [2.05, 4.69) is 5.32 Å². The van der Waals surface area contributed by atoms with Gasteiger partial charge in [0.25, 0.3) is 0 Å². The van der Waals surface area contributed by atoms with E-state index in [1.807, 2.05) is 0 Å². The number of halogens is 1. The molecule has 20 heavy (non-hydrogen) atoms. The van der Waals surface area contributed by atoms with E-state index in [0.717, 1.165) is 0 Å². The third-order valence-electron chi connectivity index (χ3n) is 2.88. The van der Waals surface area contributed by atoms with E-state index in [0.29, 0.717) is 29.1 Å². The Hall–Kier alpha value is -1.85. The lowest BCUT2D eigenvalue weighted by Gasteiger charge is -2.11. The molecule has 0 aliphatic carbocycles. The minimum Gasteiger partial charge on any atom is -0.383 e. The monoisotopic (exact) mass is 294 g/mol. The lowest BCUT2D eigenvalue weighted by Crippen LogP contribution is -2.30. The molecule has 0 fully saturated rings. The van der Waals surface area contributed by atoms with Gasteiger partial charge in [0.2, 0.25) is 5.91 Å². The van der Waals surface area contributed by atoms with Crippen LogP contribution in [-0.2, 0) is 16.1 Å². The number of rotatable bonds is 5. The van der Waals surface area contributed by atoms with E-state index in [1.54, 1.807) is 36.1 Å². The maximum atomic E-state index is 11.8. The van der Waals surface area contributed by atoms with Crippen molar-refractivity contribution in [2.45, 2.75) is 6.54 Å². The number of methoxy groups -OCH3 is 1. The highest BCUT2D eigenvalue weighted by Crippen LogP contribution is 2.16. The first kappa shape index (κ1) is 14.6. The summed E-state index contributed by atoms with van der Waals surface area (Å²) in [5, 5.41) is 3.74. The van der Waals surface area contributed by atoms with Crippen molar-refractivity contribution in [2.24, 2.45) is 0 Å². The molecule has 6 heteroatoms. The zero-order chi connectivity index (χ0) is 14.5. The predicted octanol–water partition coefficient (Wildman–Crippen LogP) is 1.42. The van der Waals surface area contributed by atoms with E-state index in [1.165, 1.54) is 6.07 Å². The number of benzene rings is 1. The number of amides is 1. The molecule has 0 radical (unpaired) electrons. The second-order valence-corrected chi connectivity index (χ2v) is 4.75. The molecular formula is C14H15ClN2O3. The molecule has 1 aromatic carbocycles. The first-order valence-electron chi connectivity index (χ1n) is 6.16. The Balaban J connectivity index is 2.25. The molecular weight excluding hydrogens is 280 g/mol. The van der Waals surface area contributed by atoms with E-state index >= 15 is 0 Å². The number of pyridine rings is 1. The van der Waals surface area contributed by atoms with Gasteiger partial charge in [-0.1, -0.05) is 11.6 Å². The zero-order valence-electron chi connectivity index (χ0n) is 11.1. The number of fused-ring (bicyclic) bond motifs is 1. The number of hydrogen-bond donors (Lipinski definition) is 1. The number of aromatic nitrogens is 1. The molecule has 0 aliphatic rings. The Morgan fingerprint density at radius 3 is 2.95 bits per heavy atom. The summed E-state index contributed by atoms with van der Waals surface area (Å²) < 4.78 is 6.58. The van der Waals surface area contributed by atoms with Gasteiger partial charge in [0, 0.05) is 36.3 Å². The van der Waals surface area contributed by atoms with Crippen molar-refractivity contribution >= 4 is 28.4 Å². The lowest BCUT2D eigenvalue weighted by atomic mass is 10.2. The van der Waals surface area contributed by atoms with Crippen LogP contribution in [0.15, 0.2) is 35.3 Å². The van der Waals surface area contributed by atoms with E-state index < -0.39 is 0 Å². The second-order valence-electron chi connectivity index (χ2n) is 4.31. The summed E-state index contributed by atoms with van der Waals surface area (Å²) >= 11 is 5.89. The molecule has 5 nitrogen and oxygen atoms in total. The van der Waals surface area contributed by atoms with Crippen LogP contribution in [0.2, 0.25) is 5.02 Å². The van der Waals surface area contributed by atoms with Gasteiger partial charge in [-0.3, -0.25) is 9.59 Å². The van der Waals surface area contributed by atoms with Gasteiger partial charge in [-0.15, -0.1) is 0 Å². The molecule has 1 heterocycles. The average Bonchev–Trinajstić information content (AvgIpc) is 2.42. The van der Waals surface area contributed by atoms with E-state index in [9.17, 15) is 9.59 Å². The third kappa shape index (κ3) is 3.37. The number of carbonyl (C=O) groups excluding carboxylic acids is 1. The normalized spacial score (nSPS) is 10.7. The zero-order valence-corrected chi connectivity index (χ0v) is 11.8. The number of hydrogen-bond acceptors (Lipinski definition) is 3. The van der Waals surface area contributed by atoms with Crippen molar-refractivity contribution in [1.82, 2.24) is 9.88 Å². The fourth-order valence-corrected chi connectivity index (χ4v) is 2.10. The minimum absolute atomic E-state index is 0.112. The van der Waals surface area contributed by atoms with Crippen molar-refractivity contribution in [2.75, 3.05) is 20.3 Å². The van der Waals surface area contributed by atoms with Gasteiger partial charge in [0.15, 0.2) is 5.43 Å². The molecule has 0 unspecified atom stereocenters. The number of nitrogens with zero attached hydrogens (tertiary/aromatic N) is 1. The molecule has 1 N–H and O–H groups in total. The van der Waals surface area contributed by atoms with Gasteiger partial charge in [-0.05, 0) is 18.2 Å². The van der Waals surface area contributed by atoms with Crippen LogP contribution in [0.5, 0.6) is 0 Å². The molecule has 106 valence electrons. The molecule has 1 aromatic heterocycles. The molecule has 0 saturated carbocycles. The molecule has 2 rings (SSSR count). The average molecular weight is 295 g/mol. The maximum Gasteiger partial charge on any atom is 0.240 e. The summed E-state index contributed by atoms with van der Waals surface area (Å²) in [5.74, 6) is -0.137. The van der Waals surface area contributed by atoms with Crippen molar-refractivity contribution in [1.29, 1.82) is 0 Å². The van der Waals surface area contributed by atoms with Crippen molar-refractivity contribution in [3.05, 3.63) is 45.7 Å². The first-order valence-corrected chi connectivity index (χ1v) is 6.54. The first-order chi connectivity index (χ1) is 9.61. The van der Waals surface area contributed by atoms with Crippen LogP contribution in [0, 0.1) is 0 Å². The van der Waals surface area contributed by atoms with Crippen LogP contribution in [0.25, 0.3) is 10.9 Å². The lowest BCUT2D eigenvalue weighted by molar-refractivity contribution is -0.121. The molecule has 2 aromatic rings. The standard InChI is InChI=1S/C14H15ClN2O3/c1-20-7-5-16-14(19)9-17-6-4-13(18)11-8-10(15)2-3-12(11)17/h2-4,6,8H,5,7,9H2,1H3,(H,16,19). The summed E-state index contributed by atoms with van der Waals surface area (Å²) in [4.78, 5) is 23.6. The third-order valence-corrected chi connectivity index (χ3v) is 3.12. The molecule has 0 bridgehead atoms. The van der Waals surface area contributed by atoms with Gasteiger partial charge >= 0.3 is 0 Å². The van der Waals surface area contributed by atoms with Crippen LogP contribution < -0.4 is 10.7 Å². The van der Waals surface area contributed by atoms with Crippen LogP contribution in [0.4, 0.5) is 0 Å². The summed E-state index contributed by atoms with van der Waals surface area (Å²) in [6.07, 6.45) is 1.61. The van der Waals surface area contributed by atoms with Gasteiger partial charge in [0.1, 0.15) is 6.54 Å². The number of carbonyl (C=O) groups is 1. The fourth-order valence-electron chi connectivity index (χ4n) is 1.92. The Labute approximate surface area is 121 Å². The van der Waals surface area contributed by atoms with E-state index in [4.69, 9.17) is 16.3 Å². The Bertz CT molecular complexity index is 682. The van der Waals surface area contributed by atoms with Crippen LogP contribution >= 0.6 is 11.6 Å². The summed E-state index contributed by atoms with van der Waals surface area (Å²) in [6.45, 7) is 1.06. The van der Waals surface area contributed by atoms with Crippen molar-refractivity contribution < 1.29 is 9.53 Å². The highest BCUT2D eigenvalue weighted by molar-refractivity contribution is 6.31. The Kier molecular flexibility index (Phi) is 4.76. The molecule has 1 amide bonds. The SMILES string of the molecule is COCCNC(=O)Cn1ccc(=O)c2cc(Cl)ccc21. The van der Waals surface area contributed by atoms with Crippen LogP contribution in [-0.4, -0.2) is 30.7 Å². The smallest absolute Gasteiger partial charge is 0.240 e. The van der Waals surface area contributed by atoms with Crippen molar-refractivity contribution in [3.63, 3.8) is 0 Å². The number of ether oxygens (including phenoxy) is 1. The Morgan fingerprint density at radius 2 is 2.20 bits per heavy atom. The Morgan fingerprint density at radius 1 is 1.40 bits per heavy atom. The number of nitrogens with one attached hydrogen (secondary N) is 1. The molecule has 0 aliphatic heterocycles. The summed E-state index contributed by atoms with van der Waals surface area (Å²) in [5.41, 5.74) is 0.572. The van der Waals surface area contributed by atoms with Gasteiger partial charge in [-0.25, -0.2) is 0 Å². The van der Waals surface area contributed by atoms with E-state index in [-0.39, 0.29) is 17.9 Å². The molecule has 0 spiro atoms. The molecule has 0 atom stereocenters. The van der Waals surface area contributed by atoms with Gasteiger partial charge < -0.3 is 14.6 Å². The van der Waals surface area contributed by atoms with Crippen LogP contribution in [0.3, 0.4) is 0 Å². The quantitative estimate of drug-likeness (QED) is 0.849. The molecule has 0 saturated heterocycles. The van der Waals surface area contributed by atoms with Crippen molar-refractivity contribution in [3.8, 4) is 0 Å². The maximum absolute atomic E-state index is 11.8. The van der Waals surface area contributed by atoms with Gasteiger partial charge in [0.05, 0.1) is 12.1 Å². The van der Waals surface area contributed by atoms with Crippen LogP contribution in [0.1, 0.15) is 0 Å². The largest absolute Gasteiger partial charge is 0.383 e. The van der Waals surface area contributed by atoms with Gasteiger partial charge in [-0.2, -0.15) is 0 Å². The fraction of sp³-hybridized carbons (Fsp3) is 0.286.